The van der Waals surface area contributed by atoms with E-state index in [1.165, 1.54) is 0 Å². The Hall–Kier alpha value is -1.84. The number of benzene rings is 1. The Kier molecular flexibility index (Phi) is 3.88. The van der Waals surface area contributed by atoms with Crippen molar-refractivity contribution in [3.05, 3.63) is 29.8 Å². The van der Waals surface area contributed by atoms with E-state index < -0.39 is 5.41 Å². The molecule has 0 atom stereocenters. The van der Waals surface area contributed by atoms with Gasteiger partial charge in [0.05, 0.1) is 0 Å². The van der Waals surface area contributed by atoms with Gasteiger partial charge in [0.15, 0.2) is 0 Å². The first-order valence-corrected chi connectivity index (χ1v) is 6.75. The zero-order valence-electron chi connectivity index (χ0n) is 11.5. The first-order chi connectivity index (χ1) is 9.08. The van der Waals surface area contributed by atoms with Crippen molar-refractivity contribution in [2.75, 3.05) is 11.9 Å². The van der Waals surface area contributed by atoms with Crippen molar-refractivity contribution in [1.82, 2.24) is 5.32 Å². The van der Waals surface area contributed by atoms with Crippen LogP contribution < -0.4 is 10.6 Å². The summed E-state index contributed by atoms with van der Waals surface area (Å²) in [6.07, 6.45) is 2.15. The van der Waals surface area contributed by atoms with Gasteiger partial charge in [0.1, 0.15) is 5.41 Å². The van der Waals surface area contributed by atoms with Gasteiger partial charge in [0.2, 0.25) is 11.8 Å². The zero-order valence-corrected chi connectivity index (χ0v) is 11.5. The number of nitrogens with one attached hydrogen (secondary N) is 2. The topological polar surface area (TPSA) is 58.2 Å². The smallest absolute Gasteiger partial charge is 0.240 e. The molecule has 1 aliphatic carbocycles. The minimum absolute atomic E-state index is 0.139. The van der Waals surface area contributed by atoms with Gasteiger partial charge in [-0.05, 0) is 43.9 Å². The van der Waals surface area contributed by atoms with E-state index in [9.17, 15) is 9.59 Å². The first-order valence-electron chi connectivity index (χ1n) is 6.75. The molecule has 0 unspecified atom stereocenters. The normalized spacial score (nSPS) is 15.7. The van der Waals surface area contributed by atoms with Crippen molar-refractivity contribution in [2.24, 2.45) is 5.41 Å². The van der Waals surface area contributed by atoms with Crippen LogP contribution in [-0.2, 0) is 9.59 Å². The molecule has 0 aromatic heterocycles. The average Bonchev–Trinajstić information content (AvgIpc) is 3.17. The van der Waals surface area contributed by atoms with Crippen molar-refractivity contribution >= 4 is 17.5 Å². The molecule has 1 aliphatic rings. The second-order valence-electron chi connectivity index (χ2n) is 5.16. The van der Waals surface area contributed by atoms with E-state index in [0.29, 0.717) is 19.4 Å². The molecule has 0 heterocycles. The number of carbonyl (C=O) groups is 2. The van der Waals surface area contributed by atoms with Crippen LogP contribution in [-0.4, -0.2) is 18.4 Å². The molecule has 1 fully saturated rings. The molecule has 1 saturated carbocycles. The van der Waals surface area contributed by atoms with Gasteiger partial charge in [0.25, 0.3) is 0 Å². The Bertz CT molecular complexity index is 493. The summed E-state index contributed by atoms with van der Waals surface area (Å²) < 4.78 is 0. The lowest BCUT2D eigenvalue weighted by Crippen LogP contribution is -2.40. The lowest BCUT2D eigenvalue weighted by molar-refractivity contribution is -0.134. The van der Waals surface area contributed by atoms with Gasteiger partial charge in [-0.15, -0.1) is 0 Å². The van der Waals surface area contributed by atoms with Crippen molar-refractivity contribution in [3.63, 3.8) is 0 Å². The maximum atomic E-state index is 12.2. The summed E-state index contributed by atoms with van der Waals surface area (Å²) in [6.45, 7) is 4.58. The van der Waals surface area contributed by atoms with Crippen LogP contribution >= 0.6 is 0 Å². The molecule has 0 aliphatic heterocycles. The maximum Gasteiger partial charge on any atom is 0.240 e. The fraction of sp³-hybridized carbons (Fsp3) is 0.467. The highest BCUT2D eigenvalue weighted by molar-refractivity contribution is 6.13. The number of rotatable bonds is 5. The van der Waals surface area contributed by atoms with Crippen LogP contribution in [0.2, 0.25) is 0 Å². The second kappa shape index (κ2) is 5.43. The molecule has 2 N–H and O–H groups in total. The third kappa shape index (κ3) is 2.95. The second-order valence-corrected chi connectivity index (χ2v) is 5.16. The molecule has 0 spiro atoms. The van der Waals surface area contributed by atoms with Gasteiger partial charge in [0, 0.05) is 12.2 Å². The Morgan fingerprint density at radius 1 is 1.26 bits per heavy atom. The van der Waals surface area contributed by atoms with Gasteiger partial charge < -0.3 is 10.6 Å². The Labute approximate surface area is 113 Å². The Balaban J connectivity index is 2.01. The summed E-state index contributed by atoms with van der Waals surface area (Å²) in [7, 11) is 0. The summed E-state index contributed by atoms with van der Waals surface area (Å²) in [4.78, 5) is 24.3. The van der Waals surface area contributed by atoms with Crippen molar-refractivity contribution in [2.45, 2.75) is 33.1 Å². The van der Waals surface area contributed by atoms with Crippen LogP contribution in [0.3, 0.4) is 0 Å². The summed E-state index contributed by atoms with van der Waals surface area (Å²) in [5.74, 6) is -0.328. The molecule has 4 heteroatoms. The third-order valence-electron chi connectivity index (χ3n) is 3.43. The quantitative estimate of drug-likeness (QED) is 0.798. The predicted octanol–water partition coefficient (Wildman–Crippen LogP) is 2.24. The minimum atomic E-state index is -0.834. The molecule has 0 saturated heterocycles. The number of hydrogen-bond donors (Lipinski definition) is 2. The number of aryl methyl sites for hydroxylation is 1. The molecular weight excluding hydrogens is 240 g/mol. The van der Waals surface area contributed by atoms with Crippen molar-refractivity contribution < 1.29 is 9.59 Å². The fourth-order valence-electron chi connectivity index (χ4n) is 2.06. The highest BCUT2D eigenvalue weighted by Gasteiger charge is 2.56. The lowest BCUT2D eigenvalue weighted by atomic mass is 10.0. The van der Waals surface area contributed by atoms with Crippen LogP contribution in [0.15, 0.2) is 24.3 Å². The Morgan fingerprint density at radius 3 is 2.58 bits per heavy atom. The van der Waals surface area contributed by atoms with Gasteiger partial charge in [-0.25, -0.2) is 0 Å². The van der Waals surface area contributed by atoms with E-state index in [4.69, 9.17) is 0 Å². The predicted molar refractivity (Wildman–Crippen MR) is 74.8 cm³/mol. The molecule has 2 amide bonds. The third-order valence-corrected chi connectivity index (χ3v) is 3.43. The molecule has 102 valence electrons. The number of carbonyl (C=O) groups excluding carboxylic acids is 2. The first kappa shape index (κ1) is 13.6. The molecule has 0 bridgehead atoms. The largest absolute Gasteiger partial charge is 0.355 e. The van der Waals surface area contributed by atoms with E-state index in [0.717, 1.165) is 17.7 Å². The van der Waals surface area contributed by atoms with Crippen LogP contribution in [0, 0.1) is 12.3 Å². The van der Waals surface area contributed by atoms with E-state index in [1.54, 1.807) is 0 Å². The van der Waals surface area contributed by atoms with Crippen molar-refractivity contribution in [1.29, 1.82) is 0 Å². The summed E-state index contributed by atoms with van der Waals surface area (Å²) in [6, 6.07) is 7.60. The number of anilines is 1. The minimum Gasteiger partial charge on any atom is -0.355 e. The van der Waals surface area contributed by atoms with E-state index in [2.05, 4.69) is 10.6 Å². The lowest BCUT2D eigenvalue weighted by Gasteiger charge is -2.15. The SMILES string of the molecule is CCCNC(=O)C1(C(=O)Nc2cccc(C)c2)CC1. The maximum absolute atomic E-state index is 12.2. The summed E-state index contributed by atoms with van der Waals surface area (Å²) >= 11 is 0. The highest BCUT2D eigenvalue weighted by Crippen LogP contribution is 2.46. The zero-order chi connectivity index (χ0) is 13.9. The van der Waals surface area contributed by atoms with E-state index in [1.807, 2.05) is 38.1 Å². The van der Waals surface area contributed by atoms with Gasteiger partial charge in [-0.1, -0.05) is 19.1 Å². The Morgan fingerprint density at radius 2 is 2.00 bits per heavy atom. The molecular formula is C15H20N2O2. The van der Waals surface area contributed by atoms with E-state index in [-0.39, 0.29) is 11.8 Å². The van der Waals surface area contributed by atoms with Crippen LogP contribution in [0.25, 0.3) is 0 Å². The summed E-state index contributed by atoms with van der Waals surface area (Å²) in [5, 5.41) is 5.66. The standard InChI is InChI=1S/C15H20N2O2/c1-3-9-16-13(18)15(7-8-15)14(19)17-12-6-4-5-11(2)10-12/h4-6,10H,3,7-9H2,1-2H3,(H,16,18)(H,17,19). The summed E-state index contributed by atoms with van der Waals surface area (Å²) in [5.41, 5.74) is 0.997. The molecule has 19 heavy (non-hydrogen) atoms. The number of hydrogen-bond acceptors (Lipinski definition) is 2. The van der Waals surface area contributed by atoms with Gasteiger partial charge in [-0.2, -0.15) is 0 Å². The van der Waals surface area contributed by atoms with Gasteiger partial charge in [-0.3, -0.25) is 9.59 Å². The molecule has 4 nitrogen and oxygen atoms in total. The van der Waals surface area contributed by atoms with Gasteiger partial charge >= 0.3 is 0 Å². The van der Waals surface area contributed by atoms with Crippen LogP contribution in [0.4, 0.5) is 5.69 Å². The molecule has 1 aromatic carbocycles. The molecule has 0 radical (unpaired) electrons. The average molecular weight is 260 g/mol. The van der Waals surface area contributed by atoms with Crippen molar-refractivity contribution in [3.8, 4) is 0 Å². The van der Waals surface area contributed by atoms with Crippen LogP contribution in [0.5, 0.6) is 0 Å². The van der Waals surface area contributed by atoms with Crippen LogP contribution in [0.1, 0.15) is 31.7 Å². The molecule has 2 rings (SSSR count). The number of amides is 2. The molecule has 1 aromatic rings. The highest BCUT2D eigenvalue weighted by atomic mass is 16.2. The van der Waals surface area contributed by atoms with E-state index >= 15 is 0 Å². The monoisotopic (exact) mass is 260 g/mol. The fourth-order valence-corrected chi connectivity index (χ4v) is 2.06.